The molecule has 1 unspecified atom stereocenters. The molecular formula is C20H18F2N6O. The Kier molecular flexibility index (Phi) is 5.08. The molecule has 1 atom stereocenters. The standard InChI is InChI=1S/C20H18F2N6O/c21-16-10-15(11-17(22)12-16)18-2-4-25-28(18)20(29)27-7-5-26(6-8-27)19-9-14(13-23)1-3-24-19/h1,3-4,9-12,18H,2,5-8H2. The van der Waals surface area contributed by atoms with Crippen molar-refractivity contribution < 1.29 is 13.6 Å². The number of rotatable bonds is 2. The van der Waals surface area contributed by atoms with Crippen molar-refractivity contribution in [3.05, 3.63) is 59.3 Å². The second-order valence-corrected chi connectivity index (χ2v) is 6.87. The molecule has 1 saturated heterocycles. The third kappa shape index (κ3) is 3.87. The van der Waals surface area contributed by atoms with Gasteiger partial charge in [0.1, 0.15) is 17.5 Å². The van der Waals surface area contributed by atoms with Crippen LogP contribution in [0.5, 0.6) is 0 Å². The van der Waals surface area contributed by atoms with Crippen molar-refractivity contribution in [2.24, 2.45) is 5.10 Å². The number of anilines is 1. The van der Waals surface area contributed by atoms with Gasteiger partial charge in [-0.3, -0.25) is 0 Å². The van der Waals surface area contributed by atoms with E-state index >= 15 is 0 Å². The first-order valence-corrected chi connectivity index (χ1v) is 9.23. The van der Waals surface area contributed by atoms with Crippen molar-refractivity contribution in [1.82, 2.24) is 14.9 Å². The van der Waals surface area contributed by atoms with Crippen LogP contribution in [-0.4, -0.2) is 53.3 Å². The molecule has 0 spiro atoms. The molecule has 1 fully saturated rings. The first-order valence-electron chi connectivity index (χ1n) is 9.23. The maximum atomic E-state index is 13.6. The Balaban J connectivity index is 1.43. The van der Waals surface area contributed by atoms with Crippen molar-refractivity contribution in [2.75, 3.05) is 31.1 Å². The number of hydrogen-bond acceptors (Lipinski definition) is 5. The smallest absolute Gasteiger partial charge is 0.341 e. The topological polar surface area (TPSA) is 75.8 Å². The fourth-order valence-electron chi connectivity index (χ4n) is 3.58. The number of nitrogens with zero attached hydrogens (tertiary/aromatic N) is 6. The fourth-order valence-corrected chi connectivity index (χ4v) is 3.58. The van der Waals surface area contributed by atoms with E-state index in [-0.39, 0.29) is 6.03 Å². The Morgan fingerprint density at radius 3 is 2.52 bits per heavy atom. The number of piperazine rings is 1. The maximum absolute atomic E-state index is 13.6. The molecule has 0 N–H and O–H groups in total. The summed E-state index contributed by atoms with van der Waals surface area (Å²) in [4.78, 5) is 20.9. The number of aromatic nitrogens is 1. The fraction of sp³-hybridized carbons (Fsp3) is 0.300. The van der Waals surface area contributed by atoms with Gasteiger partial charge in [0.25, 0.3) is 0 Å². The van der Waals surface area contributed by atoms with E-state index in [4.69, 9.17) is 5.26 Å². The summed E-state index contributed by atoms with van der Waals surface area (Å²) in [5.41, 5.74) is 0.912. The van der Waals surface area contributed by atoms with E-state index in [9.17, 15) is 13.6 Å². The molecule has 29 heavy (non-hydrogen) atoms. The van der Waals surface area contributed by atoms with E-state index < -0.39 is 17.7 Å². The van der Waals surface area contributed by atoms with E-state index in [2.05, 4.69) is 16.2 Å². The Bertz CT molecular complexity index is 976. The number of amides is 2. The summed E-state index contributed by atoms with van der Waals surface area (Å²) in [7, 11) is 0. The van der Waals surface area contributed by atoms with Gasteiger partial charge in [0, 0.05) is 51.1 Å². The summed E-state index contributed by atoms with van der Waals surface area (Å²) in [6.45, 7) is 2.02. The molecule has 2 aliphatic rings. The number of benzene rings is 1. The average molecular weight is 396 g/mol. The van der Waals surface area contributed by atoms with Gasteiger partial charge in [-0.25, -0.2) is 23.6 Å². The van der Waals surface area contributed by atoms with Crippen LogP contribution in [0.2, 0.25) is 0 Å². The Hall–Kier alpha value is -3.54. The molecule has 148 valence electrons. The summed E-state index contributed by atoms with van der Waals surface area (Å²) in [6.07, 6.45) is 3.57. The van der Waals surface area contributed by atoms with Crippen LogP contribution < -0.4 is 4.90 Å². The minimum Gasteiger partial charge on any atom is -0.353 e. The lowest BCUT2D eigenvalue weighted by molar-refractivity contribution is 0.139. The molecule has 4 rings (SSSR count). The lowest BCUT2D eigenvalue weighted by atomic mass is 10.0. The van der Waals surface area contributed by atoms with Crippen LogP contribution in [0, 0.1) is 23.0 Å². The highest BCUT2D eigenvalue weighted by Gasteiger charge is 2.33. The van der Waals surface area contributed by atoms with E-state index in [1.165, 1.54) is 17.1 Å². The highest BCUT2D eigenvalue weighted by molar-refractivity contribution is 5.78. The third-order valence-corrected chi connectivity index (χ3v) is 5.04. The molecule has 2 amide bonds. The number of pyridine rings is 1. The Labute approximate surface area is 166 Å². The van der Waals surface area contributed by atoms with Gasteiger partial charge in [0.05, 0.1) is 17.7 Å². The van der Waals surface area contributed by atoms with Gasteiger partial charge in [-0.2, -0.15) is 10.4 Å². The highest BCUT2D eigenvalue weighted by atomic mass is 19.1. The van der Waals surface area contributed by atoms with E-state index in [1.54, 1.807) is 29.4 Å². The summed E-state index contributed by atoms with van der Waals surface area (Å²) < 4.78 is 27.2. The van der Waals surface area contributed by atoms with Crippen molar-refractivity contribution in [3.63, 3.8) is 0 Å². The van der Waals surface area contributed by atoms with Crippen LogP contribution in [0.1, 0.15) is 23.6 Å². The number of hydrazone groups is 1. The number of halogens is 2. The Morgan fingerprint density at radius 2 is 1.83 bits per heavy atom. The summed E-state index contributed by atoms with van der Waals surface area (Å²) in [6, 6.07) is 7.89. The third-order valence-electron chi connectivity index (χ3n) is 5.04. The van der Waals surface area contributed by atoms with Crippen LogP contribution in [0.3, 0.4) is 0 Å². The normalized spacial score (nSPS) is 18.8. The van der Waals surface area contributed by atoms with Gasteiger partial charge in [0.15, 0.2) is 0 Å². The summed E-state index contributed by atoms with van der Waals surface area (Å²) in [5, 5.41) is 14.5. The molecule has 9 heteroatoms. The number of nitriles is 1. The van der Waals surface area contributed by atoms with Crippen LogP contribution in [-0.2, 0) is 0 Å². The minimum atomic E-state index is -0.681. The molecular weight excluding hydrogens is 378 g/mol. The monoisotopic (exact) mass is 396 g/mol. The SMILES string of the molecule is N#Cc1ccnc(N2CCN(C(=O)N3N=CCC3c3cc(F)cc(F)c3)CC2)c1. The van der Waals surface area contributed by atoms with Crippen LogP contribution in [0.15, 0.2) is 41.6 Å². The van der Waals surface area contributed by atoms with Crippen LogP contribution >= 0.6 is 0 Å². The molecule has 7 nitrogen and oxygen atoms in total. The summed E-state index contributed by atoms with van der Waals surface area (Å²) in [5.74, 6) is -0.663. The van der Waals surface area contributed by atoms with Crippen LogP contribution in [0.4, 0.5) is 19.4 Å². The molecule has 0 bridgehead atoms. The number of carbonyl (C=O) groups excluding carboxylic acids is 1. The predicted molar refractivity (Wildman–Crippen MR) is 102 cm³/mol. The zero-order valence-electron chi connectivity index (χ0n) is 15.5. The van der Waals surface area contributed by atoms with E-state index in [0.29, 0.717) is 49.5 Å². The first kappa shape index (κ1) is 18.8. The lowest BCUT2D eigenvalue weighted by Gasteiger charge is -2.37. The molecule has 0 radical (unpaired) electrons. The summed E-state index contributed by atoms with van der Waals surface area (Å²) >= 11 is 0. The zero-order valence-corrected chi connectivity index (χ0v) is 15.5. The van der Waals surface area contributed by atoms with Gasteiger partial charge < -0.3 is 9.80 Å². The molecule has 0 saturated carbocycles. The number of carbonyl (C=O) groups is 1. The number of hydrogen-bond donors (Lipinski definition) is 0. The first-order chi connectivity index (χ1) is 14.0. The van der Waals surface area contributed by atoms with Crippen molar-refractivity contribution in [1.29, 1.82) is 5.26 Å². The molecule has 1 aromatic heterocycles. The zero-order chi connectivity index (χ0) is 20.4. The average Bonchev–Trinajstić information content (AvgIpc) is 3.23. The highest BCUT2D eigenvalue weighted by Crippen LogP contribution is 2.30. The van der Waals surface area contributed by atoms with Gasteiger partial charge in [-0.1, -0.05) is 0 Å². The van der Waals surface area contributed by atoms with Crippen LogP contribution in [0.25, 0.3) is 0 Å². The van der Waals surface area contributed by atoms with Gasteiger partial charge in [-0.15, -0.1) is 0 Å². The van der Waals surface area contributed by atoms with Crippen molar-refractivity contribution >= 4 is 18.1 Å². The second kappa shape index (κ2) is 7.83. The minimum absolute atomic E-state index is 0.299. The quantitative estimate of drug-likeness (QED) is 0.782. The van der Waals surface area contributed by atoms with Gasteiger partial charge in [0.2, 0.25) is 0 Å². The van der Waals surface area contributed by atoms with Gasteiger partial charge in [-0.05, 0) is 29.8 Å². The number of urea groups is 1. The maximum Gasteiger partial charge on any atom is 0.341 e. The van der Waals surface area contributed by atoms with Crippen molar-refractivity contribution in [3.8, 4) is 6.07 Å². The predicted octanol–water partition coefficient (Wildman–Crippen LogP) is 2.91. The lowest BCUT2D eigenvalue weighted by Crippen LogP contribution is -2.52. The largest absolute Gasteiger partial charge is 0.353 e. The molecule has 2 aromatic rings. The molecule has 1 aromatic carbocycles. The molecule has 3 heterocycles. The van der Waals surface area contributed by atoms with Crippen molar-refractivity contribution in [2.45, 2.75) is 12.5 Å². The second-order valence-electron chi connectivity index (χ2n) is 6.87. The Morgan fingerprint density at radius 1 is 1.10 bits per heavy atom. The molecule has 2 aliphatic heterocycles. The van der Waals surface area contributed by atoms with E-state index in [1.807, 2.05) is 4.90 Å². The molecule has 0 aliphatic carbocycles. The van der Waals surface area contributed by atoms with Gasteiger partial charge >= 0.3 is 6.03 Å². The van der Waals surface area contributed by atoms with E-state index in [0.717, 1.165) is 6.07 Å².